The quantitative estimate of drug-likeness (QED) is 0.559. The maximum absolute atomic E-state index is 5.71. The van der Waals surface area contributed by atoms with Crippen molar-refractivity contribution in [2.75, 3.05) is 0 Å². The predicted octanol–water partition coefficient (Wildman–Crippen LogP) is 0.140. The molecule has 0 bridgehead atoms. The highest BCUT2D eigenvalue weighted by molar-refractivity contribution is 5.63. The molecule has 1 aromatic heterocycles. The lowest BCUT2D eigenvalue weighted by atomic mass is 10.2. The number of rotatable bonds is 2. The van der Waals surface area contributed by atoms with Crippen molar-refractivity contribution in [3.05, 3.63) is 48.1 Å². The van der Waals surface area contributed by atoms with Crippen molar-refractivity contribution in [2.45, 2.75) is 0 Å². The summed E-state index contributed by atoms with van der Waals surface area (Å²) in [4.78, 5) is 3.93. The third-order valence-corrected chi connectivity index (χ3v) is 1.45. The topological polar surface area (TPSA) is 91.0 Å². The van der Waals surface area contributed by atoms with Gasteiger partial charge < -0.3 is 17.2 Å². The van der Waals surface area contributed by atoms with Gasteiger partial charge in [0.25, 0.3) is 0 Å². The maximum Gasteiger partial charge on any atom is 0.0934 e. The zero-order chi connectivity index (χ0) is 9.68. The Morgan fingerprint density at radius 1 is 1.23 bits per heavy atom. The molecule has 13 heavy (non-hydrogen) atoms. The molecule has 0 atom stereocenters. The highest BCUT2D eigenvalue weighted by Crippen LogP contribution is 2.05. The molecule has 0 spiro atoms. The van der Waals surface area contributed by atoms with Gasteiger partial charge in [0.2, 0.25) is 0 Å². The van der Waals surface area contributed by atoms with Crippen LogP contribution in [0.15, 0.2) is 42.5 Å². The Morgan fingerprint density at radius 2 is 2.00 bits per heavy atom. The van der Waals surface area contributed by atoms with Crippen LogP contribution in [0, 0.1) is 0 Å². The van der Waals surface area contributed by atoms with Crippen molar-refractivity contribution in [3.63, 3.8) is 0 Å². The van der Waals surface area contributed by atoms with Gasteiger partial charge in [0, 0.05) is 23.7 Å². The molecule has 1 aromatic rings. The van der Waals surface area contributed by atoms with Crippen molar-refractivity contribution >= 4 is 5.70 Å². The molecule has 0 radical (unpaired) electrons. The molecule has 0 amide bonds. The van der Waals surface area contributed by atoms with E-state index in [9.17, 15) is 0 Å². The molecule has 4 heteroatoms. The Labute approximate surface area is 76.8 Å². The second-order valence-electron chi connectivity index (χ2n) is 2.53. The molecule has 6 N–H and O–H groups in total. The van der Waals surface area contributed by atoms with Crippen LogP contribution in [0.25, 0.3) is 5.70 Å². The first kappa shape index (κ1) is 9.12. The molecule has 0 aliphatic carbocycles. The average molecular weight is 176 g/mol. The van der Waals surface area contributed by atoms with E-state index in [2.05, 4.69) is 4.98 Å². The van der Waals surface area contributed by atoms with Crippen LogP contribution >= 0.6 is 0 Å². The minimum Gasteiger partial charge on any atom is -0.398 e. The predicted molar refractivity (Wildman–Crippen MR) is 52.9 cm³/mol. The lowest BCUT2D eigenvalue weighted by Gasteiger charge is -1.98. The number of pyridine rings is 1. The molecule has 0 fully saturated rings. The molecular formula is C9H12N4. The van der Waals surface area contributed by atoms with Crippen LogP contribution in [0.1, 0.15) is 5.56 Å². The second kappa shape index (κ2) is 4.15. The monoisotopic (exact) mass is 176 g/mol. The second-order valence-corrected chi connectivity index (χ2v) is 2.53. The lowest BCUT2D eigenvalue weighted by Crippen LogP contribution is -2.07. The Bertz CT molecular complexity index is 323. The third-order valence-electron chi connectivity index (χ3n) is 1.45. The molecule has 0 saturated heterocycles. The fraction of sp³-hybridized carbons (Fsp3) is 0. The van der Waals surface area contributed by atoms with Crippen molar-refractivity contribution in [1.29, 1.82) is 0 Å². The first-order valence-corrected chi connectivity index (χ1v) is 3.79. The lowest BCUT2D eigenvalue weighted by molar-refractivity contribution is 1.25. The van der Waals surface area contributed by atoms with Gasteiger partial charge in [-0.3, -0.25) is 4.98 Å². The Balaban J connectivity index is 2.86. The molecule has 0 aromatic carbocycles. The largest absolute Gasteiger partial charge is 0.398 e. The molecular weight excluding hydrogens is 164 g/mol. The van der Waals surface area contributed by atoms with Crippen molar-refractivity contribution in [1.82, 2.24) is 4.98 Å². The van der Waals surface area contributed by atoms with E-state index in [0.717, 1.165) is 5.56 Å². The molecule has 0 saturated carbocycles. The molecule has 0 aliphatic rings. The molecule has 1 rings (SSSR count). The van der Waals surface area contributed by atoms with Crippen molar-refractivity contribution < 1.29 is 0 Å². The fourth-order valence-corrected chi connectivity index (χ4v) is 0.816. The summed E-state index contributed by atoms with van der Waals surface area (Å²) in [7, 11) is 0. The number of nitrogens with zero attached hydrogens (tertiary/aromatic N) is 1. The standard InChI is InChI=1S/C9H12N4/c10-8(3-4-9(11)12)7-2-1-5-13-6-7/h1-6H,10-12H2/b8-3-. The fourth-order valence-electron chi connectivity index (χ4n) is 0.816. The summed E-state index contributed by atoms with van der Waals surface area (Å²) in [5.41, 5.74) is 17.6. The van der Waals surface area contributed by atoms with Gasteiger partial charge in [-0.2, -0.15) is 0 Å². The summed E-state index contributed by atoms with van der Waals surface area (Å²) in [6.07, 6.45) is 6.55. The number of hydrogen-bond donors (Lipinski definition) is 3. The van der Waals surface area contributed by atoms with Crippen LogP contribution in [0.5, 0.6) is 0 Å². The van der Waals surface area contributed by atoms with E-state index >= 15 is 0 Å². The van der Waals surface area contributed by atoms with E-state index in [1.807, 2.05) is 12.1 Å². The Kier molecular flexibility index (Phi) is 2.92. The summed E-state index contributed by atoms with van der Waals surface area (Å²) in [6.45, 7) is 0. The van der Waals surface area contributed by atoms with Crippen LogP contribution in [0.3, 0.4) is 0 Å². The number of hydrogen-bond acceptors (Lipinski definition) is 4. The minimum atomic E-state index is 0.229. The van der Waals surface area contributed by atoms with E-state index in [0.29, 0.717) is 5.70 Å². The third kappa shape index (κ3) is 2.86. The number of aromatic nitrogens is 1. The van der Waals surface area contributed by atoms with E-state index in [-0.39, 0.29) is 5.82 Å². The molecule has 68 valence electrons. The summed E-state index contributed by atoms with van der Waals surface area (Å²) in [5.74, 6) is 0.229. The van der Waals surface area contributed by atoms with Crippen LogP contribution in [-0.4, -0.2) is 4.98 Å². The van der Waals surface area contributed by atoms with Crippen LogP contribution in [0.2, 0.25) is 0 Å². The van der Waals surface area contributed by atoms with E-state index in [1.54, 1.807) is 24.5 Å². The highest BCUT2D eigenvalue weighted by Gasteiger charge is 1.92. The van der Waals surface area contributed by atoms with Gasteiger partial charge in [-0.1, -0.05) is 0 Å². The van der Waals surface area contributed by atoms with Gasteiger partial charge in [-0.25, -0.2) is 0 Å². The van der Waals surface area contributed by atoms with Gasteiger partial charge in [0.15, 0.2) is 0 Å². The maximum atomic E-state index is 5.71. The first-order chi connectivity index (χ1) is 6.20. The summed E-state index contributed by atoms with van der Waals surface area (Å²) in [5, 5.41) is 0. The molecule has 4 nitrogen and oxygen atoms in total. The van der Waals surface area contributed by atoms with Crippen LogP contribution < -0.4 is 17.2 Å². The van der Waals surface area contributed by atoms with E-state index < -0.39 is 0 Å². The summed E-state index contributed by atoms with van der Waals surface area (Å²) < 4.78 is 0. The van der Waals surface area contributed by atoms with Gasteiger partial charge in [-0.15, -0.1) is 0 Å². The van der Waals surface area contributed by atoms with Gasteiger partial charge in [-0.05, 0) is 24.3 Å². The molecule has 0 unspecified atom stereocenters. The van der Waals surface area contributed by atoms with Crippen LogP contribution in [0.4, 0.5) is 0 Å². The minimum absolute atomic E-state index is 0.229. The van der Waals surface area contributed by atoms with Crippen LogP contribution in [-0.2, 0) is 0 Å². The SMILES string of the molecule is NC(N)=C/C=C(\N)c1cccnc1. The number of allylic oxidation sites excluding steroid dienone is 2. The van der Waals surface area contributed by atoms with Crippen molar-refractivity contribution in [2.24, 2.45) is 17.2 Å². The van der Waals surface area contributed by atoms with E-state index in [4.69, 9.17) is 17.2 Å². The van der Waals surface area contributed by atoms with Gasteiger partial charge in [0.1, 0.15) is 0 Å². The molecule has 0 aliphatic heterocycles. The zero-order valence-electron chi connectivity index (χ0n) is 7.14. The van der Waals surface area contributed by atoms with E-state index in [1.165, 1.54) is 0 Å². The Hall–Kier alpha value is -1.97. The zero-order valence-corrected chi connectivity index (χ0v) is 7.14. The van der Waals surface area contributed by atoms with Gasteiger partial charge in [0.05, 0.1) is 5.82 Å². The highest BCUT2D eigenvalue weighted by atomic mass is 14.8. The first-order valence-electron chi connectivity index (χ1n) is 3.79. The number of nitrogens with two attached hydrogens (primary N) is 3. The smallest absolute Gasteiger partial charge is 0.0934 e. The summed E-state index contributed by atoms with van der Waals surface area (Å²) in [6, 6.07) is 3.67. The average Bonchev–Trinajstić information content (AvgIpc) is 2.15. The van der Waals surface area contributed by atoms with Gasteiger partial charge >= 0.3 is 0 Å². The van der Waals surface area contributed by atoms with Crippen molar-refractivity contribution in [3.8, 4) is 0 Å². The normalized spacial score (nSPS) is 10.9. The molecule has 1 heterocycles. The Morgan fingerprint density at radius 3 is 2.54 bits per heavy atom. The summed E-state index contributed by atoms with van der Waals surface area (Å²) >= 11 is 0.